The van der Waals surface area contributed by atoms with Crippen molar-refractivity contribution >= 4 is 52.0 Å². The van der Waals surface area contributed by atoms with Crippen LogP contribution in [0.3, 0.4) is 0 Å². The lowest BCUT2D eigenvalue weighted by atomic mass is 10.2. The Kier molecular flexibility index (Phi) is 8.26. The molecule has 1 amide bonds. The highest BCUT2D eigenvalue weighted by atomic mass is 35.5. The standard InChI is InChI=1S/C27H28ClN3O5S/c1-16-11-21(18(3)30(16)17(2)14-34-4)24(32)15-37-27-29-23(13-20-7-6-10-36-20)26(33)31(27)19-8-9-25(35-5)22(28)12-19/h6-13,17H,14-15H2,1-5H3/b23-13-/t17-/m0/s1. The number of halogens is 1. The maximum absolute atomic E-state index is 13.4. The number of amides is 1. The van der Waals surface area contributed by atoms with E-state index in [-0.39, 0.29) is 29.2 Å². The summed E-state index contributed by atoms with van der Waals surface area (Å²) in [6, 6.07) is 10.5. The highest BCUT2D eigenvalue weighted by molar-refractivity contribution is 8.14. The Hall–Kier alpha value is -3.27. The molecule has 0 unspecified atom stereocenters. The third-order valence-corrected chi connectivity index (χ3v) is 7.25. The van der Waals surface area contributed by atoms with Crippen molar-refractivity contribution < 1.29 is 23.5 Å². The number of nitrogens with zero attached hydrogens (tertiary/aromatic N) is 3. The number of rotatable bonds is 9. The van der Waals surface area contributed by atoms with Crippen molar-refractivity contribution in [2.45, 2.75) is 26.8 Å². The first-order chi connectivity index (χ1) is 17.7. The van der Waals surface area contributed by atoms with Crippen LogP contribution in [0.25, 0.3) is 6.08 Å². The molecule has 194 valence electrons. The normalized spacial score (nSPS) is 15.4. The van der Waals surface area contributed by atoms with Gasteiger partial charge in [-0.2, -0.15) is 0 Å². The van der Waals surface area contributed by atoms with Gasteiger partial charge in [0.05, 0.1) is 42.5 Å². The average Bonchev–Trinajstić information content (AvgIpc) is 3.56. The highest BCUT2D eigenvalue weighted by Crippen LogP contribution is 2.35. The van der Waals surface area contributed by atoms with Crippen LogP contribution < -0.4 is 9.64 Å². The number of methoxy groups -OCH3 is 2. The van der Waals surface area contributed by atoms with Crippen molar-refractivity contribution in [3.05, 3.63) is 76.1 Å². The van der Waals surface area contributed by atoms with Gasteiger partial charge in [0.15, 0.2) is 11.0 Å². The van der Waals surface area contributed by atoms with Gasteiger partial charge in [0, 0.05) is 30.1 Å². The van der Waals surface area contributed by atoms with E-state index in [1.165, 1.54) is 30.0 Å². The summed E-state index contributed by atoms with van der Waals surface area (Å²) in [5.41, 5.74) is 3.23. The first kappa shape index (κ1) is 26.8. The van der Waals surface area contributed by atoms with Crippen LogP contribution in [0, 0.1) is 13.8 Å². The maximum atomic E-state index is 13.4. The first-order valence-electron chi connectivity index (χ1n) is 11.6. The molecule has 3 heterocycles. The van der Waals surface area contributed by atoms with Crippen molar-refractivity contribution in [3.63, 3.8) is 0 Å². The molecule has 0 radical (unpaired) electrons. The van der Waals surface area contributed by atoms with Crippen molar-refractivity contribution in [1.29, 1.82) is 0 Å². The van der Waals surface area contributed by atoms with E-state index in [9.17, 15) is 9.59 Å². The molecule has 3 aromatic rings. The summed E-state index contributed by atoms with van der Waals surface area (Å²) in [6.45, 7) is 6.51. The highest BCUT2D eigenvalue weighted by Gasteiger charge is 2.33. The van der Waals surface area contributed by atoms with E-state index in [0.29, 0.717) is 39.6 Å². The van der Waals surface area contributed by atoms with Gasteiger partial charge in [-0.15, -0.1) is 0 Å². The van der Waals surface area contributed by atoms with Gasteiger partial charge in [0.1, 0.15) is 17.2 Å². The molecular weight excluding hydrogens is 514 g/mol. The number of ketones is 1. The van der Waals surface area contributed by atoms with E-state index < -0.39 is 0 Å². The number of carbonyl (C=O) groups is 2. The SMILES string of the molecule is COC[C@H](C)n1c(C)cc(C(=O)CSC2=N/C(=C\c3ccco3)C(=O)N2c2ccc(OC)c(Cl)c2)c1C. The van der Waals surface area contributed by atoms with Gasteiger partial charge in [0.2, 0.25) is 0 Å². The Morgan fingerprint density at radius 3 is 2.68 bits per heavy atom. The van der Waals surface area contributed by atoms with Crippen LogP contribution in [0.2, 0.25) is 5.02 Å². The molecule has 1 aromatic carbocycles. The van der Waals surface area contributed by atoms with Crippen LogP contribution in [0.5, 0.6) is 5.75 Å². The number of aromatic nitrogens is 1. The largest absolute Gasteiger partial charge is 0.495 e. The number of furan rings is 1. The summed E-state index contributed by atoms with van der Waals surface area (Å²) < 4.78 is 18.0. The van der Waals surface area contributed by atoms with Crippen LogP contribution in [-0.4, -0.2) is 48.0 Å². The molecule has 2 aromatic heterocycles. The predicted octanol–water partition coefficient (Wildman–Crippen LogP) is 5.93. The quantitative estimate of drug-likeness (QED) is 0.246. The number of Topliss-reactive ketones (excluding diaryl/α,β-unsaturated/α-hetero) is 1. The first-order valence-corrected chi connectivity index (χ1v) is 13.0. The number of ether oxygens (including phenoxy) is 2. The Bertz CT molecular complexity index is 1380. The fourth-order valence-electron chi connectivity index (χ4n) is 4.38. The molecule has 0 fully saturated rings. The second-order valence-electron chi connectivity index (χ2n) is 8.57. The molecule has 1 aliphatic heterocycles. The lowest BCUT2D eigenvalue weighted by Crippen LogP contribution is -2.30. The molecule has 0 aliphatic carbocycles. The van der Waals surface area contributed by atoms with Gasteiger partial charge < -0.3 is 18.5 Å². The second-order valence-corrected chi connectivity index (χ2v) is 9.92. The van der Waals surface area contributed by atoms with E-state index in [0.717, 1.165) is 11.4 Å². The molecule has 0 saturated heterocycles. The minimum atomic E-state index is -0.348. The summed E-state index contributed by atoms with van der Waals surface area (Å²) >= 11 is 7.53. The summed E-state index contributed by atoms with van der Waals surface area (Å²) in [5, 5.41) is 0.730. The molecule has 4 rings (SSSR count). The summed E-state index contributed by atoms with van der Waals surface area (Å²) in [6.07, 6.45) is 3.09. The van der Waals surface area contributed by atoms with Crippen molar-refractivity contribution in [3.8, 4) is 5.75 Å². The predicted molar refractivity (Wildman–Crippen MR) is 147 cm³/mol. The summed E-state index contributed by atoms with van der Waals surface area (Å²) in [7, 11) is 3.18. The fraction of sp³-hybridized carbons (Fsp3) is 0.296. The number of anilines is 1. The summed E-state index contributed by atoms with van der Waals surface area (Å²) in [4.78, 5) is 32.6. The fourth-order valence-corrected chi connectivity index (χ4v) is 5.53. The summed E-state index contributed by atoms with van der Waals surface area (Å²) in [5.74, 6) is 0.686. The Labute approximate surface area is 224 Å². The van der Waals surface area contributed by atoms with Gasteiger partial charge in [-0.05, 0) is 57.2 Å². The zero-order chi connectivity index (χ0) is 26.7. The number of aryl methyl sites for hydroxylation is 1. The van der Waals surface area contributed by atoms with Crippen molar-refractivity contribution in [2.75, 3.05) is 31.5 Å². The van der Waals surface area contributed by atoms with E-state index in [1.54, 1.807) is 43.5 Å². The lowest BCUT2D eigenvalue weighted by Gasteiger charge is -2.19. The third kappa shape index (κ3) is 5.53. The maximum Gasteiger partial charge on any atom is 0.283 e. The molecule has 1 atom stereocenters. The van der Waals surface area contributed by atoms with Crippen LogP contribution in [0.1, 0.15) is 40.5 Å². The van der Waals surface area contributed by atoms with Gasteiger partial charge in [-0.25, -0.2) is 4.99 Å². The van der Waals surface area contributed by atoms with E-state index in [4.69, 9.17) is 25.5 Å². The molecule has 0 spiro atoms. The van der Waals surface area contributed by atoms with Gasteiger partial charge in [-0.1, -0.05) is 23.4 Å². The monoisotopic (exact) mass is 541 g/mol. The van der Waals surface area contributed by atoms with Crippen LogP contribution in [0.4, 0.5) is 5.69 Å². The molecule has 10 heteroatoms. The van der Waals surface area contributed by atoms with Gasteiger partial charge in [-0.3, -0.25) is 14.5 Å². The Balaban J connectivity index is 1.62. The molecule has 8 nitrogen and oxygen atoms in total. The Morgan fingerprint density at radius 2 is 2.03 bits per heavy atom. The number of hydrogen-bond acceptors (Lipinski definition) is 7. The Morgan fingerprint density at radius 1 is 1.24 bits per heavy atom. The van der Waals surface area contributed by atoms with E-state index >= 15 is 0 Å². The lowest BCUT2D eigenvalue weighted by molar-refractivity contribution is -0.113. The number of carbonyl (C=O) groups excluding carboxylic acids is 2. The van der Waals surface area contributed by atoms with Crippen LogP contribution in [0.15, 0.2) is 57.8 Å². The van der Waals surface area contributed by atoms with Crippen LogP contribution in [-0.2, 0) is 9.53 Å². The minimum Gasteiger partial charge on any atom is -0.495 e. The number of aliphatic imine (C=N–C) groups is 1. The van der Waals surface area contributed by atoms with E-state index in [2.05, 4.69) is 16.5 Å². The second kappa shape index (κ2) is 11.4. The topological polar surface area (TPSA) is 86.3 Å². The van der Waals surface area contributed by atoms with Gasteiger partial charge in [0.25, 0.3) is 5.91 Å². The number of thioether (sulfide) groups is 1. The average molecular weight is 542 g/mol. The molecule has 0 N–H and O–H groups in total. The zero-order valence-electron chi connectivity index (χ0n) is 21.3. The number of amidine groups is 1. The number of benzene rings is 1. The van der Waals surface area contributed by atoms with Crippen LogP contribution >= 0.6 is 23.4 Å². The minimum absolute atomic E-state index is 0.0553. The zero-order valence-corrected chi connectivity index (χ0v) is 22.9. The number of hydrogen-bond donors (Lipinski definition) is 0. The molecule has 37 heavy (non-hydrogen) atoms. The van der Waals surface area contributed by atoms with E-state index in [1.807, 2.05) is 19.9 Å². The molecular formula is C27H28ClN3O5S. The molecule has 0 bridgehead atoms. The smallest absolute Gasteiger partial charge is 0.283 e. The third-order valence-electron chi connectivity index (χ3n) is 6.01. The molecule has 1 aliphatic rings. The van der Waals surface area contributed by atoms with Crippen molar-refractivity contribution in [1.82, 2.24) is 4.57 Å². The van der Waals surface area contributed by atoms with Crippen molar-refractivity contribution in [2.24, 2.45) is 4.99 Å². The van der Waals surface area contributed by atoms with Gasteiger partial charge >= 0.3 is 0 Å². The molecule has 0 saturated carbocycles.